The topological polar surface area (TPSA) is 12.0 Å². The molecule has 3 aliphatic carbocycles. The summed E-state index contributed by atoms with van der Waals surface area (Å²) in [5, 5.41) is 3.89. The van der Waals surface area contributed by atoms with Gasteiger partial charge in [0.05, 0.1) is 0 Å². The third kappa shape index (κ3) is 2.27. The predicted octanol–water partition coefficient (Wildman–Crippen LogP) is 5.03. The van der Waals surface area contributed by atoms with Crippen LogP contribution in [0.5, 0.6) is 0 Å². The zero-order valence-corrected chi connectivity index (χ0v) is 15.0. The number of fused-ring (bicyclic) bond motifs is 2. The van der Waals surface area contributed by atoms with E-state index in [0.29, 0.717) is 23.9 Å². The Labute approximate surface area is 156 Å². The van der Waals surface area contributed by atoms with E-state index in [4.69, 9.17) is 0 Å². The van der Waals surface area contributed by atoms with E-state index in [0.717, 1.165) is 12.8 Å². The summed E-state index contributed by atoms with van der Waals surface area (Å²) < 4.78 is 0. The summed E-state index contributed by atoms with van der Waals surface area (Å²) in [6, 6.07) is 11.9. The van der Waals surface area contributed by atoms with Crippen LogP contribution in [0.3, 0.4) is 0 Å². The quantitative estimate of drug-likeness (QED) is 0.797. The lowest BCUT2D eigenvalue weighted by atomic mass is 9.51. The molecule has 4 atom stereocenters. The van der Waals surface area contributed by atoms with E-state index in [1.54, 1.807) is 0 Å². The summed E-state index contributed by atoms with van der Waals surface area (Å²) in [5.74, 6) is 0.808. The molecule has 1 heteroatoms. The van der Waals surface area contributed by atoms with Crippen LogP contribution in [-0.4, -0.2) is 12.1 Å². The van der Waals surface area contributed by atoms with Crippen molar-refractivity contribution in [3.8, 4) is 0 Å². The normalized spacial score (nSPS) is 37.2. The fraction of sp³-hybridized carbons (Fsp3) is 0.280. The van der Waals surface area contributed by atoms with Gasteiger partial charge in [0, 0.05) is 29.3 Å². The van der Waals surface area contributed by atoms with Crippen molar-refractivity contribution < 1.29 is 0 Å². The van der Waals surface area contributed by atoms with Crippen LogP contribution in [-0.2, 0) is 5.41 Å². The molecule has 1 N–H and O–H groups in total. The van der Waals surface area contributed by atoms with E-state index < -0.39 is 0 Å². The number of nitrogens with one attached hydrogen (secondary N) is 1. The van der Waals surface area contributed by atoms with Gasteiger partial charge in [0.2, 0.25) is 0 Å². The second kappa shape index (κ2) is 6.41. The summed E-state index contributed by atoms with van der Waals surface area (Å²) in [4.78, 5) is 0. The van der Waals surface area contributed by atoms with Gasteiger partial charge >= 0.3 is 0 Å². The van der Waals surface area contributed by atoms with Crippen molar-refractivity contribution in [2.24, 2.45) is 11.8 Å². The van der Waals surface area contributed by atoms with Crippen molar-refractivity contribution in [2.75, 3.05) is 0 Å². The average molecular weight is 339 g/mol. The first-order chi connectivity index (χ1) is 12.9. The number of rotatable bonds is 2. The molecule has 26 heavy (non-hydrogen) atoms. The number of hydrogen-bond acceptors (Lipinski definition) is 1. The van der Waals surface area contributed by atoms with Gasteiger partial charge in [-0.25, -0.2) is 0 Å². The summed E-state index contributed by atoms with van der Waals surface area (Å²) in [6.07, 6.45) is 27.9. The highest BCUT2D eigenvalue weighted by molar-refractivity contribution is 5.52. The maximum absolute atomic E-state index is 3.89. The minimum Gasteiger partial charge on any atom is -0.303 e. The largest absolute Gasteiger partial charge is 0.303 e. The first-order valence-corrected chi connectivity index (χ1v) is 9.79. The van der Waals surface area contributed by atoms with Crippen LogP contribution in [0.25, 0.3) is 0 Å². The highest BCUT2D eigenvalue weighted by Gasteiger charge is 2.55. The molecule has 130 valence electrons. The maximum atomic E-state index is 3.89. The van der Waals surface area contributed by atoms with Crippen LogP contribution in [0, 0.1) is 11.8 Å². The minimum absolute atomic E-state index is 0.0404. The molecular weight excluding hydrogens is 314 g/mol. The Bertz CT molecular complexity index is 815. The van der Waals surface area contributed by atoms with Crippen LogP contribution in [0.2, 0.25) is 0 Å². The molecule has 1 fully saturated rings. The van der Waals surface area contributed by atoms with E-state index >= 15 is 0 Å². The average Bonchev–Trinajstić information content (AvgIpc) is 2.73. The van der Waals surface area contributed by atoms with E-state index in [2.05, 4.69) is 102 Å². The monoisotopic (exact) mass is 339 g/mol. The fourth-order valence-corrected chi connectivity index (χ4v) is 5.42. The van der Waals surface area contributed by atoms with Crippen molar-refractivity contribution in [3.63, 3.8) is 0 Å². The van der Waals surface area contributed by atoms with Gasteiger partial charge in [-0.2, -0.15) is 0 Å². The van der Waals surface area contributed by atoms with Gasteiger partial charge in [-0.3, -0.25) is 0 Å². The SMILES string of the molecule is C1=CC2NC3C=CC=CC3C(C3=CCCC=C3)(c3ccccc3)C2C=C1. The Morgan fingerprint density at radius 1 is 0.769 bits per heavy atom. The first-order valence-electron chi connectivity index (χ1n) is 9.79. The van der Waals surface area contributed by atoms with Gasteiger partial charge in [-0.1, -0.05) is 97.2 Å². The van der Waals surface area contributed by atoms with E-state index in [-0.39, 0.29) is 5.41 Å². The maximum Gasteiger partial charge on any atom is 0.0360 e. The van der Waals surface area contributed by atoms with Gasteiger partial charge < -0.3 is 5.32 Å². The molecule has 0 spiro atoms. The molecule has 0 aromatic heterocycles. The predicted molar refractivity (Wildman–Crippen MR) is 109 cm³/mol. The lowest BCUT2D eigenvalue weighted by Gasteiger charge is -2.56. The second-order valence-corrected chi connectivity index (χ2v) is 7.68. The third-order valence-electron chi connectivity index (χ3n) is 6.43. The van der Waals surface area contributed by atoms with Gasteiger partial charge in [-0.05, 0) is 24.0 Å². The number of piperidine rings is 1. The van der Waals surface area contributed by atoms with E-state index in [9.17, 15) is 0 Å². The van der Waals surface area contributed by atoms with E-state index in [1.807, 2.05) is 0 Å². The molecule has 1 aromatic carbocycles. The Kier molecular flexibility index (Phi) is 3.90. The molecule has 1 saturated heterocycles. The molecule has 0 radical (unpaired) electrons. The summed E-state index contributed by atoms with van der Waals surface area (Å²) >= 11 is 0. The zero-order valence-electron chi connectivity index (χ0n) is 15.0. The zero-order chi connectivity index (χ0) is 17.4. The summed E-state index contributed by atoms with van der Waals surface area (Å²) in [7, 11) is 0. The van der Waals surface area contributed by atoms with Gasteiger partial charge in [0.25, 0.3) is 0 Å². The van der Waals surface area contributed by atoms with Crippen molar-refractivity contribution >= 4 is 0 Å². The molecule has 1 aromatic rings. The number of allylic oxidation sites excluding steroid dienone is 8. The number of hydrogen-bond donors (Lipinski definition) is 1. The molecule has 1 aliphatic heterocycles. The Hall–Kier alpha value is -2.38. The van der Waals surface area contributed by atoms with Crippen LogP contribution >= 0.6 is 0 Å². The molecule has 0 saturated carbocycles. The first kappa shape index (κ1) is 15.8. The summed E-state index contributed by atoms with van der Waals surface area (Å²) in [6.45, 7) is 0. The standard InChI is InChI=1S/C25H25N/c1-3-11-19(12-4-1)25(20-13-5-2-6-14-20)21-15-7-9-17-23(21)26-24-18-10-8-16-22(24)25/h1,3-5,7-18,21-24,26H,2,6H2. The van der Waals surface area contributed by atoms with E-state index in [1.165, 1.54) is 11.1 Å². The lowest BCUT2D eigenvalue weighted by molar-refractivity contribution is 0.161. The lowest BCUT2D eigenvalue weighted by Crippen LogP contribution is -2.63. The molecule has 0 bridgehead atoms. The highest BCUT2D eigenvalue weighted by atomic mass is 15.0. The Morgan fingerprint density at radius 2 is 1.42 bits per heavy atom. The second-order valence-electron chi connectivity index (χ2n) is 7.68. The van der Waals surface area contributed by atoms with Crippen molar-refractivity contribution in [2.45, 2.75) is 30.3 Å². The molecule has 4 aliphatic rings. The van der Waals surface area contributed by atoms with Crippen molar-refractivity contribution in [1.82, 2.24) is 5.32 Å². The van der Waals surface area contributed by atoms with Gasteiger partial charge in [-0.15, -0.1) is 0 Å². The number of benzene rings is 1. The third-order valence-corrected chi connectivity index (χ3v) is 6.43. The van der Waals surface area contributed by atoms with Crippen LogP contribution in [0.15, 0.2) is 103 Å². The Balaban J connectivity index is 1.79. The smallest absolute Gasteiger partial charge is 0.0360 e. The molecule has 4 unspecified atom stereocenters. The Morgan fingerprint density at radius 3 is 2.04 bits per heavy atom. The summed E-state index contributed by atoms with van der Waals surface area (Å²) in [5.41, 5.74) is 2.88. The fourth-order valence-electron chi connectivity index (χ4n) is 5.42. The van der Waals surface area contributed by atoms with Gasteiger partial charge in [0.15, 0.2) is 0 Å². The van der Waals surface area contributed by atoms with Crippen LogP contribution in [0.1, 0.15) is 18.4 Å². The van der Waals surface area contributed by atoms with Gasteiger partial charge in [0.1, 0.15) is 0 Å². The van der Waals surface area contributed by atoms with Crippen molar-refractivity contribution in [1.29, 1.82) is 0 Å². The van der Waals surface area contributed by atoms with Crippen LogP contribution in [0.4, 0.5) is 0 Å². The molecule has 0 amide bonds. The minimum atomic E-state index is -0.0404. The molecule has 5 rings (SSSR count). The molecule has 1 nitrogen and oxygen atoms in total. The molecule has 1 heterocycles. The highest BCUT2D eigenvalue weighted by Crippen LogP contribution is 2.54. The molecular formula is C25H25N. The van der Waals surface area contributed by atoms with Crippen LogP contribution < -0.4 is 5.32 Å². The van der Waals surface area contributed by atoms with Crippen molar-refractivity contribution in [3.05, 3.63) is 108 Å².